The third-order valence-corrected chi connectivity index (χ3v) is 1.89. The first-order valence-electron chi connectivity index (χ1n) is 4.78. The van der Waals surface area contributed by atoms with Gasteiger partial charge in [-0.25, -0.2) is 0 Å². The molecule has 15 heavy (non-hydrogen) atoms. The fraction of sp³-hybridized carbons (Fsp3) is 0.167. The first kappa shape index (κ1) is 11.2. The van der Waals surface area contributed by atoms with Crippen LogP contribution in [0.15, 0.2) is 47.6 Å². The van der Waals surface area contributed by atoms with Gasteiger partial charge in [0.2, 0.25) is 0 Å². The summed E-state index contributed by atoms with van der Waals surface area (Å²) in [6.45, 7) is 1.93. The third kappa shape index (κ3) is 3.38. The first-order chi connectivity index (χ1) is 7.25. The van der Waals surface area contributed by atoms with Crippen LogP contribution in [-0.2, 0) is 0 Å². The molecule has 0 atom stereocenters. The van der Waals surface area contributed by atoms with Gasteiger partial charge in [0.25, 0.3) is 0 Å². The maximum atomic E-state index is 7.86. The van der Waals surface area contributed by atoms with Crippen LogP contribution in [0, 0.1) is 5.41 Å². The number of benzene rings is 1. The van der Waals surface area contributed by atoms with Gasteiger partial charge in [-0.3, -0.25) is 10.4 Å². The highest BCUT2D eigenvalue weighted by Gasteiger charge is 2.03. The van der Waals surface area contributed by atoms with Crippen LogP contribution in [0.1, 0.15) is 12.5 Å². The lowest BCUT2D eigenvalue weighted by Gasteiger charge is -2.13. The van der Waals surface area contributed by atoms with Crippen LogP contribution in [0.4, 0.5) is 0 Å². The molecule has 1 aromatic rings. The largest absolute Gasteiger partial charge is 0.283 e. The number of hydrazone groups is 1. The fourth-order valence-corrected chi connectivity index (χ4v) is 1.07. The molecule has 0 bridgehead atoms. The van der Waals surface area contributed by atoms with Gasteiger partial charge in [-0.05, 0) is 13.0 Å². The molecule has 1 N–H and O–H groups in total. The lowest BCUT2D eigenvalue weighted by Crippen LogP contribution is -2.21. The van der Waals surface area contributed by atoms with Crippen molar-refractivity contribution in [2.24, 2.45) is 5.10 Å². The topological polar surface area (TPSA) is 39.5 Å². The number of nitrogens with one attached hydrogen (secondary N) is 1. The summed E-state index contributed by atoms with van der Waals surface area (Å²) < 4.78 is 0. The lowest BCUT2D eigenvalue weighted by atomic mass is 10.2. The second-order valence-electron chi connectivity index (χ2n) is 3.03. The maximum Gasteiger partial charge on any atom is 0.148 e. The molecule has 1 rings (SSSR count). The number of rotatable bonds is 3. The van der Waals surface area contributed by atoms with Crippen molar-refractivity contribution in [3.8, 4) is 0 Å². The van der Waals surface area contributed by atoms with Gasteiger partial charge in [0.1, 0.15) is 5.84 Å². The average molecular weight is 201 g/mol. The summed E-state index contributed by atoms with van der Waals surface area (Å²) >= 11 is 0. The Morgan fingerprint density at radius 2 is 2.00 bits per heavy atom. The van der Waals surface area contributed by atoms with Crippen LogP contribution in [0.3, 0.4) is 0 Å². The van der Waals surface area contributed by atoms with Crippen molar-refractivity contribution in [1.82, 2.24) is 5.01 Å². The number of hydrogen-bond donors (Lipinski definition) is 1. The zero-order chi connectivity index (χ0) is 11.1. The molecule has 0 fully saturated rings. The predicted molar refractivity (Wildman–Crippen MR) is 64.3 cm³/mol. The van der Waals surface area contributed by atoms with E-state index in [9.17, 15) is 0 Å². The van der Waals surface area contributed by atoms with Gasteiger partial charge >= 0.3 is 0 Å². The monoisotopic (exact) mass is 201 g/mol. The van der Waals surface area contributed by atoms with E-state index in [1.54, 1.807) is 13.3 Å². The highest BCUT2D eigenvalue weighted by molar-refractivity contribution is 5.96. The van der Waals surface area contributed by atoms with Gasteiger partial charge in [-0.1, -0.05) is 36.4 Å². The zero-order valence-electron chi connectivity index (χ0n) is 9.01. The molecule has 0 saturated carbocycles. The third-order valence-electron chi connectivity index (χ3n) is 1.89. The molecule has 0 heterocycles. The minimum absolute atomic E-state index is 0.386. The van der Waals surface area contributed by atoms with Crippen LogP contribution in [0.5, 0.6) is 0 Å². The van der Waals surface area contributed by atoms with Crippen molar-refractivity contribution >= 4 is 12.1 Å². The van der Waals surface area contributed by atoms with E-state index in [0.717, 1.165) is 5.56 Å². The van der Waals surface area contributed by atoms with E-state index < -0.39 is 0 Å². The molecular weight excluding hydrogens is 186 g/mol. The van der Waals surface area contributed by atoms with E-state index in [4.69, 9.17) is 5.41 Å². The van der Waals surface area contributed by atoms with Gasteiger partial charge < -0.3 is 0 Å². The van der Waals surface area contributed by atoms with Crippen LogP contribution in [0.25, 0.3) is 0 Å². The molecule has 1 aromatic carbocycles. The predicted octanol–water partition coefficient (Wildman–Crippen LogP) is 2.51. The molecule has 78 valence electrons. The number of allylic oxidation sites excluding steroid dienone is 2. The Morgan fingerprint density at radius 3 is 2.60 bits per heavy atom. The van der Waals surface area contributed by atoms with Crippen LogP contribution in [-0.4, -0.2) is 24.1 Å². The van der Waals surface area contributed by atoms with Gasteiger partial charge in [-0.15, -0.1) is 0 Å². The van der Waals surface area contributed by atoms with Crippen molar-refractivity contribution in [2.45, 2.75) is 6.92 Å². The second-order valence-corrected chi connectivity index (χ2v) is 3.03. The second kappa shape index (κ2) is 5.75. The van der Waals surface area contributed by atoms with Gasteiger partial charge in [0, 0.05) is 18.8 Å². The number of nitrogens with zero attached hydrogens (tertiary/aromatic N) is 2. The Kier molecular flexibility index (Phi) is 4.29. The van der Waals surface area contributed by atoms with Gasteiger partial charge in [0.15, 0.2) is 0 Å². The summed E-state index contributed by atoms with van der Waals surface area (Å²) in [6.07, 6.45) is 5.38. The molecule has 0 spiro atoms. The number of hydrogen-bond acceptors (Lipinski definition) is 2. The van der Waals surface area contributed by atoms with Crippen molar-refractivity contribution in [2.75, 3.05) is 7.05 Å². The quantitative estimate of drug-likeness (QED) is 0.455. The molecular formula is C12H15N3. The van der Waals surface area contributed by atoms with E-state index in [1.165, 1.54) is 5.01 Å². The molecule has 0 aromatic heterocycles. The standard InChI is InChI=1S/C12H15N3/c1-3-4-10-14-15(2)12(13)11-8-6-5-7-9-11/h3-10,13H,1-2H3/b4-3+,13-12?,14-10+. The van der Waals surface area contributed by atoms with Gasteiger partial charge in [-0.2, -0.15) is 5.10 Å². The minimum Gasteiger partial charge on any atom is -0.283 e. The summed E-state index contributed by atoms with van der Waals surface area (Å²) in [4.78, 5) is 0. The highest BCUT2D eigenvalue weighted by Crippen LogP contribution is 2.02. The van der Waals surface area contributed by atoms with Gasteiger partial charge in [0.05, 0.1) is 0 Å². The van der Waals surface area contributed by atoms with Crippen molar-refractivity contribution in [1.29, 1.82) is 5.41 Å². The molecule has 0 unspecified atom stereocenters. The summed E-state index contributed by atoms with van der Waals surface area (Å²) in [5.74, 6) is 0.386. The molecule has 3 heteroatoms. The Morgan fingerprint density at radius 1 is 1.33 bits per heavy atom. The molecule has 0 saturated heterocycles. The normalized spacial score (nSPS) is 11.1. The molecule has 0 aliphatic carbocycles. The van der Waals surface area contributed by atoms with Crippen LogP contribution >= 0.6 is 0 Å². The SMILES string of the molecule is C/C=C/C=N/N(C)C(=N)c1ccccc1. The van der Waals surface area contributed by atoms with E-state index in [1.807, 2.05) is 49.4 Å². The minimum atomic E-state index is 0.386. The highest BCUT2D eigenvalue weighted by atomic mass is 15.4. The zero-order valence-corrected chi connectivity index (χ0v) is 9.01. The molecule has 0 aliphatic rings. The van der Waals surface area contributed by atoms with Crippen molar-refractivity contribution in [3.63, 3.8) is 0 Å². The van der Waals surface area contributed by atoms with Crippen LogP contribution in [0.2, 0.25) is 0 Å². The molecule has 0 amide bonds. The van der Waals surface area contributed by atoms with E-state index in [-0.39, 0.29) is 0 Å². The lowest BCUT2D eigenvalue weighted by molar-refractivity contribution is 0.545. The molecule has 3 nitrogen and oxygen atoms in total. The summed E-state index contributed by atoms with van der Waals surface area (Å²) in [5.41, 5.74) is 0.859. The number of amidine groups is 1. The Bertz CT molecular complexity index is 366. The molecule has 0 aliphatic heterocycles. The van der Waals surface area contributed by atoms with Crippen LogP contribution < -0.4 is 0 Å². The Balaban J connectivity index is 2.69. The smallest absolute Gasteiger partial charge is 0.148 e. The van der Waals surface area contributed by atoms with E-state index >= 15 is 0 Å². The summed E-state index contributed by atoms with van der Waals surface area (Å²) in [7, 11) is 1.76. The Labute approximate surface area is 90.2 Å². The Hall–Kier alpha value is -1.90. The van der Waals surface area contributed by atoms with E-state index in [2.05, 4.69) is 5.10 Å². The van der Waals surface area contributed by atoms with Crippen molar-refractivity contribution < 1.29 is 0 Å². The summed E-state index contributed by atoms with van der Waals surface area (Å²) in [6, 6.07) is 9.54. The summed E-state index contributed by atoms with van der Waals surface area (Å²) in [5, 5.41) is 13.5. The van der Waals surface area contributed by atoms with E-state index in [0.29, 0.717) is 5.84 Å². The average Bonchev–Trinajstić information content (AvgIpc) is 2.29. The maximum absolute atomic E-state index is 7.86. The van der Waals surface area contributed by atoms with Crippen molar-refractivity contribution in [3.05, 3.63) is 48.0 Å². The fourth-order valence-electron chi connectivity index (χ4n) is 1.07. The molecule has 0 radical (unpaired) electrons. The first-order valence-corrected chi connectivity index (χ1v) is 4.78.